The van der Waals surface area contributed by atoms with Crippen molar-refractivity contribution in [3.05, 3.63) is 41.2 Å². The standard InChI is InChI=1S/C22H33N7O2/c1-13(2)29(6)21-14(3)26-18(19(23)30)20(28-21)27-17-9-7-8-16(12-17)10-11-25-22(31)15(4)24-5/h7-9,12-13,15,24H,10-11H2,1-6H3,(H2,23,30)(H,25,31)(H,27,28). The maximum absolute atomic E-state index is 12.0. The third-order valence-electron chi connectivity index (χ3n) is 5.12. The molecule has 1 atom stereocenters. The van der Waals surface area contributed by atoms with Crippen LogP contribution in [0.25, 0.3) is 0 Å². The minimum Gasteiger partial charge on any atom is -0.364 e. The number of carbonyl (C=O) groups excluding carboxylic acids is 2. The van der Waals surface area contributed by atoms with Gasteiger partial charge >= 0.3 is 0 Å². The van der Waals surface area contributed by atoms with Gasteiger partial charge in [0, 0.05) is 25.3 Å². The van der Waals surface area contributed by atoms with Crippen molar-refractivity contribution in [2.75, 3.05) is 30.9 Å². The molecule has 0 aliphatic heterocycles. The van der Waals surface area contributed by atoms with E-state index in [1.807, 2.05) is 43.1 Å². The third kappa shape index (κ3) is 6.39. The van der Waals surface area contributed by atoms with Crippen molar-refractivity contribution in [2.24, 2.45) is 5.73 Å². The van der Waals surface area contributed by atoms with Gasteiger partial charge in [-0.15, -0.1) is 0 Å². The molecule has 1 aromatic heterocycles. The van der Waals surface area contributed by atoms with Gasteiger partial charge in [-0.3, -0.25) is 9.59 Å². The summed E-state index contributed by atoms with van der Waals surface area (Å²) in [5.74, 6) is 0.308. The molecule has 2 amide bonds. The number of carbonyl (C=O) groups is 2. The largest absolute Gasteiger partial charge is 0.364 e. The number of benzene rings is 1. The molecular formula is C22H33N7O2. The van der Waals surface area contributed by atoms with E-state index >= 15 is 0 Å². The van der Waals surface area contributed by atoms with Crippen molar-refractivity contribution >= 4 is 29.1 Å². The second kappa shape index (κ2) is 10.7. The zero-order chi connectivity index (χ0) is 23.1. The number of aromatic nitrogens is 2. The fraction of sp³-hybridized carbons (Fsp3) is 0.455. The minimum absolute atomic E-state index is 0.0420. The molecule has 9 nitrogen and oxygen atoms in total. The van der Waals surface area contributed by atoms with Gasteiger partial charge in [-0.25, -0.2) is 9.97 Å². The number of nitrogens with two attached hydrogens (primary N) is 1. The van der Waals surface area contributed by atoms with Crippen molar-refractivity contribution in [1.29, 1.82) is 0 Å². The smallest absolute Gasteiger partial charge is 0.271 e. The van der Waals surface area contributed by atoms with Crippen LogP contribution in [0.2, 0.25) is 0 Å². The van der Waals surface area contributed by atoms with Crippen molar-refractivity contribution in [3.8, 4) is 0 Å². The molecule has 2 rings (SSSR count). The summed E-state index contributed by atoms with van der Waals surface area (Å²) in [7, 11) is 3.68. The first-order valence-corrected chi connectivity index (χ1v) is 10.4. The molecule has 0 fully saturated rings. The van der Waals surface area contributed by atoms with Gasteiger partial charge < -0.3 is 26.6 Å². The molecule has 0 aliphatic carbocycles. The zero-order valence-corrected chi connectivity index (χ0v) is 19.1. The van der Waals surface area contributed by atoms with Crippen molar-refractivity contribution < 1.29 is 9.59 Å². The first-order chi connectivity index (χ1) is 14.6. The van der Waals surface area contributed by atoms with E-state index in [1.54, 1.807) is 14.0 Å². The summed E-state index contributed by atoms with van der Waals surface area (Å²) < 4.78 is 0. The van der Waals surface area contributed by atoms with Crippen molar-refractivity contribution in [2.45, 2.75) is 46.2 Å². The van der Waals surface area contributed by atoms with Gasteiger partial charge in [-0.05, 0) is 58.9 Å². The Morgan fingerprint density at radius 3 is 2.52 bits per heavy atom. The van der Waals surface area contributed by atoms with Crippen molar-refractivity contribution in [3.63, 3.8) is 0 Å². The molecule has 1 unspecified atom stereocenters. The zero-order valence-electron chi connectivity index (χ0n) is 19.1. The highest BCUT2D eigenvalue weighted by Gasteiger charge is 2.19. The minimum atomic E-state index is -0.644. The molecule has 9 heteroatoms. The Hall–Kier alpha value is -3.20. The molecule has 1 heterocycles. The summed E-state index contributed by atoms with van der Waals surface area (Å²) in [4.78, 5) is 34.9. The summed E-state index contributed by atoms with van der Waals surface area (Å²) in [6.07, 6.45) is 0.668. The van der Waals surface area contributed by atoms with Gasteiger partial charge in [-0.1, -0.05) is 12.1 Å². The highest BCUT2D eigenvalue weighted by atomic mass is 16.2. The first kappa shape index (κ1) is 24.1. The molecule has 2 aromatic rings. The van der Waals surface area contributed by atoms with E-state index in [1.165, 1.54) is 0 Å². The Morgan fingerprint density at radius 1 is 1.19 bits per heavy atom. The summed E-state index contributed by atoms with van der Waals surface area (Å²) in [5.41, 5.74) is 8.06. The molecule has 168 valence electrons. The van der Waals surface area contributed by atoms with E-state index in [0.717, 1.165) is 11.3 Å². The predicted molar refractivity (Wildman–Crippen MR) is 124 cm³/mol. The van der Waals surface area contributed by atoms with E-state index in [-0.39, 0.29) is 23.7 Å². The van der Waals surface area contributed by atoms with Gasteiger partial charge in [0.05, 0.1) is 11.7 Å². The van der Waals surface area contributed by atoms with Crippen molar-refractivity contribution in [1.82, 2.24) is 20.6 Å². The fourth-order valence-corrected chi connectivity index (χ4v) is 2.90. The highest BCUT2D eigenvalue weighted by molar-refractivity contribution is 5.96. The SMILES string of the molecule is CNC(C)C(=O)NCCc1cccc(Nc2nc(N(C)C(C)C)c(C)nc2C(N)=O)c1. The lowest BCUT2D eigenvalue weighted by molar-refractivity contribution is -0.122. The van der Waals surface area contributed by atoms with E-state index < -0.39 is 5.91 Å². The van der Waals surface area contributed by atoms with E-state index in [9.17, 15) is 9.59 Å². The summed E-state index contributed by atoms with van der Waals surface area (Å²) in [6, 6.07) is 7.69. The Kier molecular flexibility index (Phi) is 8.32. The van der Waals surface area contributed by atoms with Crippen LogP contribution in [0.5, 0.6) is 0 Å². The normalized spacial score (nSPS) is 11.8. The number of nitrogens with zero attached hydrogens (tertiary/aromatic N) is 3. The Labute approximate surface area is 183 Å². The number of hydrogen-bond acceptors (Lipinski definition) is 7. The van der Waals surface area contributed by atoms with Gasteiger partial charge in [0.25, 0.3) is 5.91 Å². The van der Waals surface area contributed by atoms with Crippen LogP contribution in [0.1, 0.15) is 42.5 Å². The molecule has 0 spiro atoms. The lowest BCUT2D eigenvalue weighted by atomic mass is 10.1. The molecular weight excluding hydrogens is 394 g/mol. The average molecular weight is 428 g/mol. The molecule has 0 aliphatic rings. The number of primary amides is 1. The number of nitrogens with one attached hydrogen (secondary N) is 3. The second-order valence-electron chi connectivity index (χ2n) is 7.78. The molecule has 0 radical (unpaired) electrons. The van der Waals surface area contributed by atoms with Crippen LogP contribution in [0.15, 0.2) is 24.3 Å². The van der Waals surface area contributed by atoms with Crippen LogP contribution in [0.4, 0.5) is 17.3 Å². The number of rotatable bonds is 10. The second-order valence-corrected chi connectivity index (χ2v) is 7.78. The molecule has 1 aromatic carbocycles. The highest BCUT2D eigenvalue weighted by Crippen LogP contribution is 2.24. The predicted octanol–water partition coefficient (Wildman–Crippen LogP) is 1.74. The quantitative estimate of drug-likeness (QED) is 0.455. The average Bonchev–Trinajstić information content (AvgIpc) is 2.73. The molecule has 0 saturated heterocycles. The summed E-state index contributed by atoms with van der Waals surface area (Å²) in [6.45, 7) is 8.24. The third-order valence-corrected chi connectivity index (χ3v) is 5.12. The van der Waals surface area contributed by atoms with Gasteiger partial charge in [0.2, 0.25) is 5.91 Å². The maximum Gasteiger partial charge on any atom is 0.271 e. The molecule has 31 heavy (non-hydrogen) atoms. The van der Waals surface area contributed by atoms with E-state index in [4.69, 9.17) is 5.73 Å². The summed E-state index contributed by atoms with van der Waals surface area (Å²) in [5, 5.41) is 9.00. The Bertz CT molecular complexity index is 930. The van der Waals surface area contributed by atoms with Gasteiger partial charge in [-0.2, -0.15) is 0 Å². The van der Waals surface area contributed by atoms with Gasteiger partial charge in [0.1, 0.15) is 0 Å². The number of aryl methyl sites for hydroxylation is 1. The molecule has 5 N–H and O–H groups in total. The molecule has 0 bridgehead atoms. The lowest BCUT2D eigenvalue weighted by Crippen LogP contribution is -2.41. The van der Waals surface area contributed by atoms with Crippen LogP contribution in [0.3, 0.4) is 0 Å². The van der Waals surface area contributed by atoms with Crippen LogP contribution >= 0.6 is 0 Å². The topological polar surface area (TPSA) is 125 Å². The molecule has 0 saturated carbocycles. The fourth-order valence-electron chi connectivity index (χ4n) is 2.90. The number of hydrogen-bond donors (Lipinski definition) is 4. The lowest BCUT2D eigenvalue weighted by Gasteiger charge is -2.25. The van der Waals surface area contributed by atoms with E-state index in [2.05, 4.69) is 39.8 Å². The summed E-state index contributed by atoms with van der Waals surface area (Å²) >= 11 is 0. The van der Waals surface area contributed by atoms with E-state index in [0.29, 0.717) is 30.3 Å². The van der Waals surface area contributed by atoms with Crippen LogP contribution in [-0.4, -0.2) is 54.5 Å². The number of amides is 2. The first-order valence-electron chi connectivity index (χ1n) is 10.4. The maximum atomic E-state index is 12.0. The van der Waals surface area contributed by atoms with Gasteiger partial charge in [0.15, 0.2) is 17.3 Å². The number of anilines is 3. The van der Waals surface area contributed by atoms with Crippen LogP contribution < -0.4 is 26.6 Å². The van der Waals surface area contributed by atoms with Crippen LogP contribution in [0, 0.1) is 6.92 Å². The number of likely N-dealkylation sites (N-methyl/N-ethyl adjacent to an activating group) is 1. The Balaban J connectivity index is 2.21. The monoisotopic (exact) mass is 427 g/mol. The Morgan fingerprint density at radius 2 is 1.90 bits per heavy atom. The van der Waals surface area contributed by atoms with Crippen LogP contribution in [-0.2, 0) is 11.2 Å².